The van der Waals surface area contributed by atoms with E-state index in [2.05, 4.69) is 27.0 Å². The van der Waals surface area contributed by atoms with Crippen LogP contribution in [-0.2, 0) is 16.0 Å². The van der Waals surface area contributed by atoms with Gasteiger partial charge in [-0.25, -0.2) is 9.97 Å². The molecular formula is C24H25N3O2. The number of esters is 1. The molecule has 1 aliphatic heterocycles. The van der Waals surface area contributed by atoms with E-state index < -0.39 is 0 Å². The lowest BCUT2D eigenvalue weighted by atomic mass is 9.97. The Hall–Kier alpha value is -3.21. The fraction of sp³-hybridized carbons (Fsp3) is 0.292. The Labute approximate surface area is 171 Å². The molecule has 5 nitrogen and oxygen atoms in total. The first-order chi connectivity index (χ1) is 14.3. The van der Waals surface area contributed by atoms with E-state index in [1.807, 2.05) is 48.5 Å². The van der Waals surface area contributed by atoms with Gasteiger partial charge in [0.2, 0.25) is 5.95 Å². The zero-order valence-electron chi connectivity index (χ0n) is 16.4. The Morgan fingerprint density at radius 1 is 1.00 bits per heavy atom. The summed E-state index contributed by atoms with van der Waals surface area (Å²) in [6.45, 7) is 1.45. The van der Waals surface area contributed by atoms with Crippen molar-refractivity contribution in [3.63, 3.8) is 0 Å². The van der Waals surface area contributed by atoms with Gasteiger partial charge in [-0.15, -0.1) is 0 Å². The second kappa shape index (κ2) is 9.32. The Morgan fingerprint density at radius 3 is 2.41 bits per heavy atom. The monoisotopic (exact) mass is 387 g/mol. The molecular weight excluding hydrogens is 362 g/mol. The van der Waals surface area contributed by atoms with Crippen LogP contribution in [0.15, 0.2) is 79.1 Å². The summed E-state index contributed by atoms with van der Waals surface area (Å²) in [5, 5.41) is 0. The van der Waals surface area contributed by atoms with Gasteiger partial charge in [0.05, 0.1) is 5.92 Å². The van der Waals surface area contributed by atoms with Crippen molar-refractivity contribution in [1.29, 1.82) is 0 Å². The number of nitrogens with zero attached hydrogens (tertiary/aromatic N) is 3. The lowest BCUT2D eigenvalue weighted by molar-refractivity contribution is -0.154. The van der Waals surface area contributed by atoms with E-state index in [4.69, 9.17) is 4.74 Å². The van der Waals surface area contributed by atoms with Crippen molar-refractivity contribution >= 4 is 11.9 Å². The zero-order valence-corrected chi connectivity index (χ0v) is 16.4. The molecule has 1 fully saturated rings. The quantitative estimate of drug-likeness (QED) is 0.593. The van der Waals surface area contributed by atoms with E-state index in [9.17, 15) is 4.79 Å². The number of hydrogen-bond acceptors (Lipinski definition) is 5. The van der Waals surface area contributed by atoms with Crippen LogP contribution in [0, 0.1) is 5.92 Å². The first kappa shape index (κ1) is 19.1. The molecule has 2 heterocycles. The average molecular weight is 387 g/mol. The molecule has 0 amide bonds. The summed E-state index contributed by atoms with van der Waals surface area (Å²) in [4.78, 5) is 23.8. The average Bonchev–Trinajstić information content (AvgIpc) is 2.80. The maximum absolute atomic E-state index is 13.1. The molecule has 148 valence electrons. The number of piperidine rings is 1. The van der Waals surface area contributed by atoms with Crippen LogP contribution in [0.5, 0.6) is 0 Å². The predicted octanol–water partition coefficient (Wildman–Crippen LogP) is 4.22. The summed E-state index contributed by atoms with van der Waals surface area (Å²) in [6.07, 6.45) is 5.58. The molecule has 0 saturated carbocycles. The highest BCUT2D eigenvalue weighted by Crippen LogP contribution is 2.27. The van der Waals surface area contributed by atoms with Gasteiger partial charge in [-0.2, -0.15) is 0 Å². The van der Waals surface area contributed by atoms with E-state index in [1.54, 1.807) is 18.5 Å². The lowest BCUT2D eigenvalue weighted by Crippen LogP contribution is -2.40. The molecule has 0 aliphatic carbocycles. The summed E-state index contributed by atoms with van der Waals surface area (Å²) < 4.78 is 6.06. The SMILES string of the molecule is O=C(O[C@@H](Cc1ccccc1)c1ccccc1)[C@@H]1CCCN(c2ncccn2)C1. The van der Waals surface area contributed by atoms with Crippen molar-refractivity contribution in [3.05, 3.63) is 90.3 Å². The van der Waals surface area contributed by atoms with E-state index in [-0.39, 0.29) is 18.0 Å². The second-order valence-corrected chi connectivity index (χ2v) is 7.36. The van der Waals surface area contributed by atoms with Crippen LogP contribution in [0.1, 0.15) is 30.1 Å². The number of aromatic nitrogens is 2. The van der Waals surface area contributed by atoms with Crippen LogP contribution in [-0.4, -0.2) is 29.0 Å². The number of hydrogen-bond donors (Lipinski definition) is 0. The van der Waals surface area contributed by atoms with Crippen LogP contribution in [0.4, 0.5) is 5.95 Å². The number of benzene rings is 2. The van der Waals surface area contributed by atoms with Gasteiger partial charge < -0.3 is 9.64 Å². The fourth-order valence-corrected chi connectivity index (χ4v) is 3.77. The van der Waals surface area contributed by atoms with Crippen molar-refractivity contribution in [2.45, 2.75) is 25.4 Å². The highest BCUT2D eigenvalue weighted by atomic mass is 16.5. The minimum atomic E-state index is -0.297. The Kier molecular flexibility index (Phi) is 6.15. The van der Waals surface area contributed by atoms with Crippen molar-refractivity contribution in [2.24, 2.45) is 5.92 Å². The van der Waals surface area contributed by atoms with E-state index in [0.717, 1.165) is 30.5 Å². The van der Waals surface area contributed by atoms with E-state index >= 15 is 0 Å². The van der Waals surface area contributed by atoms with Crippen LogP contribution in [0.2, 0.25) is 0 Å². The molecule has 1 saturated heterocycles. The van der Waals surface area contributed by atoms with Crippen molar-refractivity contribution < 1.29 is 9.53 Å². The van der Waals surface area contributed by atoms with Crippen molar-refractivity contribution in [3.8, 4) is 0 Å². The van der Waals surface area contributed by atoms with Crippen molar-refractivity contribution in [2.75, 3.05) is 18.0 Å². The van der Waals surface area contributed by atoms with Crippen LogP contribution in [0.3, 0.4) is 0 Å². The summed E-state index contributed by atoms with van der Waals surface area (Å²) in [5.41, 5.74) is 2.17. The maximum Gasteiger partial charge on any atom is 0.311 e. The maximum atomic E-state index is 13.1. The smallest absolute Gasteiger partial charge is 0.311 e. The zero-order chi connectivity index (χ0) is 19.9. The largest absolute Gasteiger partial charge is 0.457 e. The summed E-state index contributed by atoms with van der Waals surface area (Å²) in [6, 6.07) is 21.9. The highest BCUT2D eigenvalue weighted by Gasteiger charge is 2.30. The number of ether oxygens (including phenoxy) is 1. The van der Waals surface area contributed by atoms with Crippen molar-refractivity contribution in [1.82, 2.24) is 9.97 Å². The molecule has 2 aromatic carbocycles. The first-order valence-corrected chi connectivity index (χ1v) is 10.1. The molecule has 0 unspecified atom stereocenters. The molecule has 0 spiro atoms. The predicted molar refractivity (Wildman–Crippen MR) is 112 cm³/mol. The molecule has 29 heavy (non-hydrogen) atoms. The van der Waals surface area contributed by atoms with Gasteiger partial charge in [0.15, 0.2) is 0 Å². The number of rotatable bonds is 6. The fourth-order valence-electron chi connectivity index (χ4n) is 3.77. The standard InChI is InChI=1S/C24H25N3O2/c28-23(21-13-7-16-27(18-21)24-25-14-8-15-26-24)29-22(20-11-5-2-6-12-20)17-19-9-3-1-4-10-19/h1-6,8-12,14-15,21-22H,7,13,16-18H2/t21-,22+/m1/s1. The van der Waals surface area contributed by atoms with E-state index in [0.29, 0.717) is 18.9 Å². The Balaban J connectivity index is 1.47. The van der Waals surface area contributed by atoms with Crippen LogP contribution < -0.4 is 4.90 Å². The van der Waals surface area contributed by atoms with Gasteiger partial charge in [-0.3, -0.25) is 4.79 Å². The summed E-state index contributed by atoms with van der Waals surface area (Å²) in [5.74, 6) is 0.360. The Bertz CT molecular complexity index is 903. The van der Waals surface area contributed by atoms with Gasteiger partial charge in [-0.1, -0.05) is 60.7 Å². The minimum absolute atomic E-state index is 0.143. The molecule has 0 N–H and O–H groups in total. The van der Waals surface area contributed by atoms with Gasteiger partial charge >= 0.3 is 5.97 Å². The first-order valence-electron chi connectivity index (χ1n) is 10.1. The highest BCUT2D eigenvalue weighted by molar-refractivity contribution is 5.74. The van der Waals surface area contributed by atoms with Crippen LogP contribution in [0.25, 0.3) is 0 Å². The second-order valence-electron chi connectivity index (χ2n) is 7.36. The number of anilines is 1. The molecule has 4 rings (SSSR count). The van der Waals surface area contributed by atoms with Gasteiger partial charge in [0.1, 0.15) is 6.10 Å². The third-order valence-electron chi connectivity index (χ3n) is 5.28. The lowest BCUT2D eigenvalue weighted by Gasteiger charge is -2.32. The summed E-state index contributed by atoms with van der Waals surface area (Å²) >= 11 is 0. The van der Waals surface area contributed by atoms with Gasteiger partial charge in [-0.05, 0) is 30.0 Å². The van der Waals surface area contributed by atoms with E-state index in [1.165, 1.54) is 0 Å². The minimum Gasteiger partial charge on any atom is -0.457 e. The Morgan fingerprint density at radius 2 is 1.69 bits per heavy atom. The van der Waals surface area contributed by atoms with Gasteiger partial charge in [0, 0.05) is 31.9 Å². The number of carbonyl (C=O) groups excluding carboxylic acids is 1. The molecule has 0 radical (unpaired) electrons. The van der Waals surface area contributed by atoms with Crippen LogP contribution >= 0.6 is 0 Å². The normalized spacial score (nSPS) is 17.5. The molecule has 5 heteroatoms. The molecule has 3 aromatic rings. The topological polar surface area (TPSA) is 55.3 Å². The van der Waals surface area contributed by atoms with Gasteiger partial charge in [0.25, 0.3) is 0 Å². The third-order valence-corrected chi connectivity index (χ3v) is 5.28. The molecule has 1 aromatic heterocycles. The molecule has 1 aliphatic rings. The third kappa shape index (κ3) is 4.99. The molecule has 0 bridgehead atoms. The number of carbonyl (C=O) groups is 1. The summed E-state index contributed by atoms with van der Waals surface area (Å²) in [7, 11) is 0. The molecule has 2 atom stereocenters.